The molecule has 1 rings (SSSR count). The molecule has 2 heteroatoms. The largest absolute Gasteiger partial charge is 0.314 e. The van der Waals surface area contributed by atoms with Crippen LogP contribution in [0.3, 0.4) is 0 Å². The van der Waals surface area contributed by atoms with E-state index in [0.717, 1.165) is 12.1 Å². The van der Waals surface area contributed by atoms with E-state index in [4.69, 9.17) is 0 Å². The van der Waals surface area contributed by atoms with Crippen LogP contribution < -0.4 is 5.32 Å². The molecule has 1 fully saturated rings. The third-order valence-electron chi connectivity index (χ3n) is 4.22. The van der Waals surface area contributed by atoms with Crippen LogP contribution in [0.15, 0.2) is 0 Å². The number of piperidine rings is 1. The van der Waals surface area contributed by atoms with E-state index >= 15 is 0 Å². The van der Waals surface area contributed by atoms with Gasteiger partial charge in [-0.1, -0.05) is 39.0 Å². The molecule has 0 aliphatic carbocycles. The number of hydrogen-bond acceptors (Lipinski definition) is 2. The minimum Gasteiger partial charge on any atom is -0.314 e. The Morgan fingerprint density at radius 1 is 1.00 bits per heavy atom. The Morgan fingerprint density at radius 2 is 1.61 bits per heavy atom. The average Bonchev–Trinajstić information content (AvgIpc) is 2.38. The molecule has 2 nitrogen and oxygen atoms in total. The van der Waals surface area contributed by atoms with E-state index in [0.29, 0.717) is 0 Å². The molecular weight excluding hydrogens is 220 g/mol. The fraction of sp³-hybridized carbons (Fsp3) is 1.00. The van der Waals surface area contributed by atoms with E-state index in [1.807, 2.05) is 0 Å². The Bertz CT molecular complexity index is 184. The van der Waals surface area contributed by atoms with Gasteiger partial charge in [-0.25, -0.2) is 0 Å². The van der Waals surface area contributed by atoms with Gasteiger partial charge in [0.05, 0.1) is 0 Å². The molecular formula is C16H34N2. The second-order valence-corrected chi connectivity index (χ2v) is 6.13. The van der Waals surface area contributed by atoms with Gasteiger partial charge in [-0.05, 0) is 52.7 Å². The molecule has 1 aliphatic heterocycles. The van der Waals surface area contributed by atoms with Crippen LogP contribution in [0.25, 0.3) is 0 Å². The van der Waals surface area contributed by atoms with Crippen LogP contribution in [0.2, 0.25) is 0 Å². The molecule has 0 atom stereocenters. The molecule has 0 aromatic rings. The second kappa shape index (κ2) is 9.80. The van der Waals surface area contributed by atoms with Crippen LogP contribution in [0.1, 0.15) is 72.1 Å². The van der Waals surface area contributed by atoms with Crippen molar-refractivity contribution in [2.45, 2.75) is 84.2 Å². The van der Waals surface area contributed by atoms with Gasteiger partial charge in [0.2, 0.25) is 0 Å². The average molecular weight is 254 g/mol. The number of rotatable bonds is 9. The first-order chi connectivity index (χ1) is 8.74. The molecule has 0 aromatic heterocycles. The van der Waals surface area contributed by atoms with Gasteiger partial charge >= 0.3 is 0 Å². The Labute approximate surface area is 115 Å². The fourth-order valence-electron chi connectivity index (χ4n) is 2.83. The highest BCUT2D eigenvalue weighted by Gasteiger charge is 2.19. The van der Waals surface area contributed by atoms with E-state index in [1.165, 1.54) is 71.0 Å². The van der Waals surface area contributed by atoms with Gasteiger partial charge < -0.3 is 10.2 Å². The standard InChI is InChI=1S/C16H34N2/c1-4-5-6-7-8-9-12-17-16-10-13-18(14-11-16)15(2)3/h15-17H,4-14H2,1-3H3. The predicted molar refractivity (Wildman–Crippen MR) is 81.1 cm³/mol. The highest BCUT2D eigenvalue weighted by Crippen LogP contribution is 2.13. The van der Waals surface area contributed by atoms with Gasteiger partial charge in [0.25, 0.3) is 0 Å². The molecule has 0 spiro atoms. The summed E-state index contributed by atoms with van der Waals surface area (Å²) < 4.78 is 0. The molecule has 0 bridgehead atoms. The van der Waals surface area contributed by atoms with Crippen LogP contribution >= 0.6 is 0 Å². The first kappa shape index (κ1) is 16.0. The van der Waals surface area contributed by atoms with Crippen molar-refractivity contribution >= 4 is 0 Å². The number of likely N-dealkylation sites (tertiary alicyclic amines) is 1. The van der Waals surface area contributed by atoms with Crippen LogP contribution in [0.5, 0.6) is 0 Å². The van der Waals surface area contributed by atoms with E-state index in [1.54, 1.807) is 0 Å². The van der Waals surface area contributed by atoms with Gasteiger partial charge in [-0.2, -0.15) is 0 Å². The van der Waals surface area contributed by atoms with Gasteiger partial charge in [0, 0.05) is 12.1 Å². The summed E-state index contributed by atoms with van der Waals surface area (Å²) in [4.78, 5) is 2.60. The van der Waals surface area contributed by atoms with Crippen LogP contribution in [0, 0.1) is 0 Å². The maximum absolute atomic E-state index is 3.75. The van der Waals surface area contributed by atoms with Crippen molar-refractivity contribution in [1.82, 2.24) is 10.2 Å². The number of nitrogens with zero attached hydrogens (tertiary/aromatic N) is 1. The van der Waals surface area contributed by atoms with Crippen LogP contribution in [-0.4, -0.2) is 36.6 Å². The summed E-state index contributed by atoms with van der Waals surface area (Å²) in [5.74, 6) is 0. The van der Waals surface area contributed by atoms with E-state index in [-0.39, 0.29) is 0 Å². The highest BCUT2D eigenvalue weighted by molar-refractivity contribution is 4.78. The van der Waals surface area contributed by atoms with Crippen LogP contribution in [0.4, 0.5) is 0 Å². The lowest BCUT2D eigenvalue weighted by Gasteiger charge is -2.35. The number of unbranched alkanes of at least 4 members (excludes halogenated alkanes) is 5. The summed E-state index contributed by atoms with van der Waals surface area (Å²) in [6.07, 6.45) is 11.1. The van der Waals surface area contributed by atoms with E-state index in [2.05, 4.69) is 31.0 Å². The van der Waals surface area contributed by atoms with Crippen molar-refractivity contribution in [3.63, 3.8) is 0 Å². The van der Waals surface area contributed by atoms with Crippen molar-refractivity contribution < 1.29 is 0 Å². The van der Waals surface area contributed by atoms with Crippen molar-refractivity contribution in [2.24, 2.45) is 0 Å². The van der Waals surface area contributed by atoms with Gasteiger partial charge in [-0.15, -0.1) is 0 Å². The van der Waals surface area contributed by atoms with Crippen molar-refractivity contribution in [3.05, 3.63) is 0 Å². The quantitative estimate of drug-likeness (QED) is 0.629. The minimum atomic E-state index is 0.726. The number of nitrogens with one attached hydrogen (secondary N) is 1. The maximum Gasteiger partial charge on any atom is 0.00914 e. The van der Waals surface area contributed by atoms with E-state index < -0.39 is 0 Å². The SMILES string of the molecule is CCCCCCCCNC1CCN(C(C)C)CC1. The molecule has 1 aliphatic rings. The summed E-state index contributed by atoms with van der Waals surface area (Å²) in [7, 11) is 0. The third-order valence-corrected chi connectivity index (χ3v) is 4.22. The molecule has 1 N–H and O–H groups in total. The van der Waals surface area contributed by atoms with Crippen LogP contribution in [-0.2, 0) is 0 Å². The topological polar surface area (TPSA) is 15.3 Å². The Kier molecular flexibility index (Phi) is 8.70. The molecule has 0 aromatic carbocycles. The Hall–Kier alpha value is -0.0800. The molecule has 0 unspecified atom stereocenters. The summed E-state index contributed by atoms with van der Waals surface area (Å²) in [6.45, 7) is 10.7. The Morgan fingerprint density at radius 3 is 2.22 bits per heavy atom. The van der Waals surface area contributed by atoms with Gasteiger partial charge in [-0.3, -0.25) is 0 Å². The first-order valence-corrected chi connectivity index (χ1v) is 8.21. The second-order valence-electron chi connectivity index (χ2n) is 6.13. The third kappa shape index (κ3) is 6.75. The highest BCUT2D eigenvalue weighted by atomic mass is 15.2. The zero-order valence-electron chi connectivity index (χ0n) is 12.9. The molecule has 18 heavy (non-hydrogen) atoms. The zero-order valence-corrected chi connectivity index (χ0v) is 12.9. The summed E-state index contributed by atoms with van der Waals surface area (Å²) in [5, 5.41) is 3.75. The van der Waals surface area contributed by atoms with Gasteiger partial charge in [0.1, 0.15) is 0 Å². The lowest BCUT2D eigenvalue weighted by Crippen LogP contribution is -2.45. The maximum atomic E-state index is 3.75. The lowest BCUT2D eigenvalue weighted by molar-refractivity contribution is 0.161. The molecule has 108 valence electrons. The molecule has 1 heterocycles. The van der Waals surface area contributed by atoms with Crippen molar-refractivity contribution in [1.29, 1.82) is 0 Å². The molecule has 0 saturated carbocycles. The molecule has 1 saturated heterocycles. The summed E-state index contributed by atoms with van der Waals surface area (Å²) in [6, 6.07) is 1.51. The first-order valence-electron chi connectivity index (χ1n) is 8.21. The smallest absolute Gasteiger partial charge is 0.00914 e. The monoisotopic (exact) mass is 254 g/mol. The van der Waals surface area contributed by atoms with Crippen molar-refractivity contribution in [3.8, 4) is 0 Å². The predicted octanol–water partition coefficient (Wildman–Crippen LogP) is 3.81. The normalized spacial score (nSPS) is 18.7. The zero-order chi connectivity index (χ0) is 13.2. The minimum absolute atomic E-state index is 0.726. The van der Waals surface area contributed by atoms with Gasteiger partial charge in [0.15, 0.2) is 0 Å². The fourth-order valence-corrected chi connectivity index (χ4v) is 2.83. The molecule has 0 radical (unpaired) electrons. The number of hydrogen-bond donors (Lipinski definition) is 1. The van der Waals surface area contributed by atoms with Crippen molar-refractivity contribution in [2.75, 3.05) is 19.6 Å². The summed E-state index contributed by atoms with van der Waals surface area (Å²) in [5.41, 5.74) is 0. The molecule has 0 amide bonds. The lowest BCUT2D eigenvalue weighted by atomic mass is 10.0. The summed E-state index contributed by atoms with van der Waals surface area (Å²) >= 11 is 0. The van der Waals surface area contributed by atoms with E-state index in [9.17, 15) is 0 Å². The Balaban J connectivity index is 1.91.